The third-order valence-corrected chi connectivity index (χ3v) is 7.39. The zero-order chi connectivity index (χ0) is 19.0. The molecule has 3 N–H and O–H groups in total. The van der Waals surface area contributed by atoms with Crippen molar-refractivity contribution in [1.82, 2.24) is 10.2 Å². The fraction of sp³-hybridized carbons (Fsp3) is 0.579. The number of piperidine rings is 1. The number of rotatable bonds is 3. The number of carbonyl (C=O) groups excluding carboxylic acids is 1. The summed E-state index contributed by atoms with van der Waals surface area (Å²) in [5.41, 5.74) is 6.47. The van der Waals surface area contributed by atoms with Gasteiger partial charge >= 0.3 is 0 Å². The van der Waals surface area contributed by atoms with Gasteiger partial charge in [-0.1, -0.05) is 18.6 Å². The molecule has 0 radical (unpaired) electrons. The van der Waals surface area contributed by atoms with Gasteiger partial charge in [0.2, 0.25) is 5.91 Å². The number of nitrogens with two attached hydrogens (primary N) is 1. The molecule has 154 valence electrons. The summed E-state index contributed by atoms with van der Waals surface area (Å²) in [4.78, 5) is 14.9. The van der Waals surface area contributed by atoms with Gasteiger partial charge in [0.15, 0.2) is 5.84 Å². The minimum absolute atomic E-state index is 0. The summed E-state index contributed by atoms with van der Waals surface area (Å²) in [5.74, 6) is 0.988. The Morgan fingerprint density at radius 3 is 2.61 bits per heavy atom. The van der Waals surface area contributed by atoms with E-state index >= 15 is 0 Å². The van der Waals surface area contributed by atoms with Crippen LogP contribution in [0.5, 0.6) is 0 Å². The quantitative estimate of drug-likeness (QED) is 0.762. The third-order valence-electron chi connectivity index (χ3n) is 6.07. The second-order valence-electron chi connectivity index (χ2n) is 7.69. The van der Waals surface area contributed by atoms with E-state index in [0.29, 0.717) is 49.8 Å². The van der Waals surface area contributed by atoms with Gasteiger partial charge in [-0.05, 0) is 50.3 Å². The minimum Gasteiger partial charge on any atom is -0.355 e. The van der Waals surface area contributed by atoms with Crippen LogP contribution in [-0.4, -0.2) is 50.7 Å². The maximum Gasteiger partial charge on any atom is 0.285 e. The van der Waals surface area contributed by atoms with Crippen molar-refractivity contribution in [2.24, 2.45) is 22.0 Å². The molecular formula is C19H27ClN4O3S. The van der Waals surface area contributed by atoms with Crippen LogP contribution in [0, 0.1) is 11.8 Å². The minimum atomic E-state index is -3.60. The summed E-state index contributed by atoms with van der Waals surface area (Å²) in [6, 6.07) is 7.13. The molecule has 9 heteroatoms. The van der Waals surface area contributed by atoms with Gasteiger partial charge in [0, 0.05) is 30.6 Å². The zero-order valence-corrected chi connectivity index (χ0v) is 17.3. The van der Waals surface area contributed by atoms with Gasteiger partial charge in [0.25, 0.3) is 10.0 Å². The highest BCUT2D eigenvalue weighted by Gasteiger charge is 2.35. The van der Waals surface area contributed by atoms with E-state index in [2.05, 4.69) is 9.71 Å². The molecule has 0 bridgehead atoms. The summed E-state index contributed by atoms with van der Waals surface area (Å²) in [5, 5.41) is 3.20. The molecule has 3 aliphatic rings. The Morgan fingerprint density at radius 2 is 1.89 bits per heavy atom. The number of hydrogen-bond acceptors (Lipinski definition) is 5. The van der Waals surface area contributed by atoms with Crippen LogP contribution in [-0.2, 0) is 14.8 Å². The van der Waals surface area contributed by atoms with Crippen molar-refractivity contribution >= 4 is 34.2 Å². The Labute approximate surface area is 172 Å². The predicted molar refractivity (Wildman–Crippen MR) is 110 cm³/mol. The first-order valence-corrected chi connectivity index (χ1v) is 11.1. The summed E-state index contributed by atoms with van der Waals surface area (Å²) < 4.78 is 28.5. The van der Waals surface area contributed by atoms with Crippen LogP contribution in [0.25, 0.3) is 0 Å². The predicted octanol–water partition coefficient (Wildman–Crippen LogP) is 1.51. The maximum absolute atomic E-state index is 12.6. The molecule has 1 amide bonds. The van der Waals surface area contributed by atoms with Crippen molar-refractivity contribution < 1.29 is 13.2 Å². The molecule has 7 nitrogen and oxygen atoms in total. The lowest BCUT2D eigenvalue weighted by Gasteiger charge is -2.33. The van der Waals surface area contributed by atoms with E-state index in [1.165, 1.54) is 0 Å². The number of nitrogens with zero attached hydrogens (tertiary/aromatic N) is 2. The monoisotopic (exact) mass is 426 g/mol. The van der Waals surface area contributed by atoms with Gasteiger partial charge < -0.3 is 16.0 Å². The van der Waals surface area contributed by atoms with Gasteiger partial charge in [-0.15, -0.1) is 16.8 Å². The van der Waals surface area contributed by atoms with Gasteiger partial charge in [0.1, 0.15) is 4.90 Å². The van der Waals surface area contributed by atoms with Crippen molar-refractivity contribution in [1.29, 1.82) is 0 Å². The number of amides is 1. The first-order chi connectivity index (χ1) is 13.0. The highest BCUT2D eigenvalue weighted by Crippen LogP contribution is 2.30. The molecular weight excluding hydrogens is 400 g/mol. The summed E-state index contributed by atoms with van der Waals surface area (Å²) in [6.07, 6.45) is 4.63. The van der Waals surface area contributed by atoms with Crippen LogP contribution in [0.2, 0.25) is 0 Å². The Kier molecular flexibility index (Phi) is 6.31. The molecule has 28 heavy (non-hydrogen) atoms. The molecule has 1 saturated carbocycles. The fourth-order valence-corrected chi connectivity index (χ4v) is 5.71. The van der Waals surface area contributed by atoms with Crippen LogP contribution < -0.4 is 11.1 Å². The number of fused-ring (bicyclic) bond motifs is 1. The molecule has 2 unspecified atom stereocenters. The van der Waals surface area contributed by atoms with Crippen molar-refractivity contribution in [3.63, 3.8) is 0 Å². The van der Waals surface area contributed by atoms with Crippen LogP contribution in [0.3, 0.4) is 0 Å². The molecule has 1 aromatic carbocycles. The normalized spacial score (nSPS) is 26.3. The van der Waals surface area contributed by atoms with E-state index in [9.17, 15) is 13.2 Å². The topological polar surface area (TPSA) is 105 Å². The fourth-order valence-electron chi connectivity index (χ4n) is 4.48. The summed E-state index contributed by atoms with van der Waals surface area (Å²) in [7, 11) is -3.60. The summed E-state index contributed by atoms with van der Waals surface area (Å²) in [6.45, 7) is 1.88. The number of halogens is 1. The largest absolute Gasteiger partial charge is 0.355 e. The highest BCUT2D eigenvalue weighted by atomic mass is 35.5. The van der Waals surface area contributed by atoms with Crippen LogP contribution >= 0.6 is 12.4 Å². The van der Waals surface area contributed by atoms with E-state index in [4.69, 9.17) is 5.73 Å². The number of benzene rings is 1. The second-order valence-corrected chi connectivity index (χ2v) is 9.26. The highest BCUT2D eigenvalue weighted by molar-refractivity contribution is 7.90. The SMILES string of the molecule is Cl.NCC1CCCC1NC(=O)C1CCN(C2=NS(=O)(=O)c3ccccc32)CC1. The van der Waals surface area contributed by atoms with Gasteiger partial charge in [-0.2, -0.15) is 8.42 Å². The standard InChI is InChI=1S/C19H26N4O3S.ClH/c20-12-14-4-3-6-16(14)21-19(24)13-8-10-23(11-9-13)18-15-5-1-2-7-17(15)27(25,26)22-18;/h1-2,5,7,13-14,16H,3-4,6,8-12,20H2,(H,21,24);1H. The summed E-state index contributed by atoms with van der Waals surface area (Å²) >= 11 is 0. The zero-order valence-electron chi connectivity index (χ0n) is 15.7. The van der Waals surface area contributed by atoms with E-state index in [0.717, 1.165) is 19.3 Å². The molecule has 4 rings (SSSR count). The molecule has 2 heterocycles. The van der Waals surface area contributed by atoms with Gasteiger partial charge in [-0.3, -0.25) is 4.79 Å². The van der Waals surface area contributed by atoms with Crippen molar-refractivity contribution in [2.75, 3.05) is 19.6 Å². The van der Waals surface area contributed by atoms with E-state index in [1.807, 2.05) is 11.0 Å². The lowest BCUT2D eigenvalue weighted by molar-refractivity contribution is -0.127. The number of hydrogen-bond donors (Lipinski definition) is 2. The molecule has 1 aliphatic carbocycles. The maximum atomic E-state index is 12.6. The van der Waals surface area contributed by atoms with Crippen molar-refractivity contribution in [2.45, 2.75) is 43.0 Å². The number of amidine groups is 1. The lowest BCUT2D eigenvalue weighted by atomic mass is 9.94. The Bertz CT molecular complexity index is 866. The van der Waals surface area contributed by atoms with E-state index in [-0.39, 0.29) is 35.2 Å². The number of sulfonamides is 1. The first kappa shape index (κ1) is 21.1. The van der Waals surface area contributed by atoms with E-state index in [1.54, 1.807) is 18.2 Å². The lowest BCUT2D eigenvalue weighted by Crippen LogP contribution is -2.47. The van der Waals surface area contributed by atoms with Crippen LogP contribution in [0.15, 0.2) is 33.6 Å². The van der Waals surface area contributed by atoms with Crippen molar-refractivity contribution in [3.8, 4) is 0 Å². The average Bonchev–Trinajstić information content (AvgIpc) is 3.24. The molecule has 2 aliphatic heterocycles. The van der Waals surface area contributed by atoms with Gasteiger partial charge in [0.05, 0.1) is 0 Å². The van der Waals surface area contributed by atoms with Crippen LogP contribution in [0.4, 0.5) is 0 Å². The number of likely N-dealkylation sites (tertiary alicyclic amines) is 1. The smallest absolute Gasteiger partial charge is 0.285 e. The van der Waals surface area contributed by atoms with Gasteiger partial charge in [-0.25, -0.2) is 0 Å². The first-order valence-electron chi connectivity index (χ1n) is 9.69. The Morgan fingerprint density at radius 1 is 1.18 bits per heavy atom. The molecule has 1 aromatic rings. The second kappa shape index (κ2) is 8.39. The molecule has 0 spiro atoms. The van der Waals surface area contributed by atoms with E-state index < -0.39 is 10.0 Å². The molecule has 2 fully saturated rings. The Hall–Kier alpha value is -1.64. The molecule has 2 atom stereocenters. The number of carbonyl (C=O) groups is 1. The van der Waals surface area contributed by atoms with Crippen LogP contribution in [0.1, 0.15) is 37.7 Å². The molecule has 1 saturated heterocycles. The van der Waals surface area contributed by atoms with Crippen molar-refractivity contribution in [3.05, 3.63) is 29.8 Å². The average molecular weight is 427 g/mol. The number of nitrogens with one attached hydrogen (secondary N) is 1. The molecule has 0 aromatic heterocycles. The third kappa shape index (κ3) is 3.90. The Balaban J connectivity index is 0.00000225.